The Kier molecular flexibility index (Phi) is 5.65. The number of fused-ring (bicyclic) bond motifs is 2. The van der Waals surface area contributed by atoms with Gasteiger partial charge in [0.2, 0.25) is 0 Å². The minimum absolute atomic E-state index is 0.0952. The zero-order chi connectivity index (χ0) is 19.5. The SMILES string of the molecule is CCCCn1c2c(cc(C(=O)N3CCc4ccccc43)c1=O)CCCCCC2. The van der Waals surface area contributed by atoms with Crippen molar-refractivity contribution in [1.29, 1.82) is 0 Å². The second-order valence-electron chi connectivity index (χ2n) is 8.09. The van der Waals surface area contributed by atoms with Gasteiger partial charge in [-0.25, -0.2) is 0 Å². The summed E-state index contributed by atoms with van der Waals surface area (Å²) in [5.41, 5.74) is 4.80. The fourth-order valence-electron chi connectivity index (χ4n) is 4.63. The molecule has 0 saturated heterocycles. The number of hydrogen-bond donors (Lipinski definition) is 0. The molecular formula is C24H30N2O2. The normalized spacial score (nSPS) is 16.2. The lowest BCUT2D eigenvalue weighted by molar-refractivity contribution is 0.0987. The molecule has 0 N–H and O–H groups in total. The van der Waals surface area contributed by atoms with E-state index in [-0.39, 0.29) is 11.5 Å². The van der Waals surface area contributed by atoms with E-state index in [9.17, 15) is 9.59 Å². The average molecular weight is 379 g/mol. The quantitative estimate of drug-likeness (QED) is 0.785. The molecule has 1 amide bonds. The van der Waals surface area contributed by atoms with Gasteiger partial charge in [-0.3, -0.25) is 9.59 Å². The number of para-hydroxylation sites is 1. The highest BCUT2D eigenvalue weighted by Gasteiger charge is 2.28. The maximum atomic E-state index is 13.4. The summed E-state index contributed by atoms with van der Waals surface area (Å²) in [6.45, 7) is 3.52. The van der Waals surface area contributed by atoms with E-state index in [1.165, 1.54) is 29.7 Å². The van der Waals surface area contributed by atoms with Crippen molar-refractivity contribution in [1.82, 2.24) is 4.57 Å². The lowest BCUT2D eigenvalue weighted by Crippen LogP contribution is -2.37. The highest BCUT2D eigenvalue weighted by atomic mass is 16.2. The van der Waals surface area contributed by atoms with Crippen LogP contribution in [0.1, 0.15) is 72.6 Å². The van der Waals surface area contributed by atoms with Gasteiger partial charge in [-0.15, -0.1) is 0 Å². The molecule has 28 heavy (non-hydrogen) atoms. The van der Waals surface area contributed by atoms with Crippen LogP contribution in [0.3, 0.4) is 0 Å². The topological polar surface area (TPSA) is 42.3 Å². The molecule has 1 aliphatic carbocycles. The fraction of sp³-hybridized carbons (Fsp3) is 0.500. The second-order valence-corrected chi connectivity index (χ2v) is 8.09. The van der Waals surface area contributed by atoms with E-state index in [1.807, 2.05) is 28.8 Å². The zero-order valence-electron chi connectivity index (χ0n) is 16.9. The van der Waals surface area contributed by atoms with Crippen LogP contribution in [-0.4, -0.2) is 17.0 Å². The van der Waals surface area contributed by atoms with Gasteiger partial charge in [-0.2, -0.15) is 0 Å². The van der Waals surface area contributed by atoms with E-state index in [0.29, 0.717) is 12.1 Å². The summed E-state index contributed by atoms with van der Waals surface area (Å²) in [6.07, 6.45) is 9.52. The van der Waals surface area contributed by atoms with Crippen LogP contribution in [0.5, 0.6) is 0 Å². The van der Waals surface area contributed by atoms with Gasteiger partial charge in [-0.05, 0) is 61.8 Å². The van der Waals surface area contributed by atoms with E-state index < -0.39 is 0 Å². The minimum Gasteiger partial charge on any atom is -0.312 e. The van der Waals surface area contributed by atoms with E-state index in [0.717, 1.165) is 57.2 Å². The standard InChI is InChI=1S/C24H30N2O2/c1-2-3-15-25-22-12-7-5-4-6-11-19(22)17-20(23(25)27)24(28)26-16-14-18-10-8-9-13-21(18)26/h8-10,13,17H,2-7,11-12,14-16H2,1H3. The Labute approximate surface area is 167 Å². The number of benzene rings is 1. The molecule has 0 bridgehead atoms. The molecule has 2 heterocycles. The van der Waals surface area contributed by atoms with Crippen molar-refractivity contribution in [2.24, 2.45) is 0 Å². The van der Waals surface area contributed by atoms with Crippen LogP contribution >= 0.6 is 0 Å². The molecule has 0 fully saturated rings. The maximum Gasteiger partial charge on any atom is 0.263 e. The molecule has 2 aliphatic rings. The van der Waals surface area contributed by atoms with Crippen molar-refractivity contribution in [3.05, 3.63) is 63.1 Å². The van der Waals surface area contributed by atoms with E-state index in [4.69, 9.17) is 0 Å². The number of rotatable bonds is 4. The smallest absolute Gasteiger partial charge is 0.263 e. The van der Waals surface area contributed by atoms with Gasteiger partial charge >= 0.3 is 0 Å². The molecule has 0 spiro atoms. The molecule has 0 atom stereocenters. The predicted octanol–water partition coefficient (Wildman–Crippen LogP) is 4.51. The highest BCUT2D eigenvalue weighted by Crippen LogP contribution is 2.29. The number of aromatic nitrogens is 1. The first kappa shape index (κ1) is 19.0. The third-order valence-corrected chi connectivity index (χ3v) is 6.20. The van der Waals surface area contributed by atoms with Crippen LogP contribution in [0.25, 0.3) is 0 Å². The van der Waals surface area contributed by atoms with Crippen LogP contribution in [-0.2, 0) is 25.8 Å². The number of anilines is 1. The number of amides is 1. The van der Waals surface area contributed by atoms with Crippen molar-refractivity contribution >= 4 is 11.6 Å². The Morgan fingerprint density at radius 1 is 1.00 bits per heavy atom. The van der Waals surface area contributed by atoms with Crippen molar-refractivity contribution in [2.45, 2.75) is 71.3 Å². The molecule has 0 unspecified atom stereocenters. The van der Waals surface area contributed by atoms with Crippen LogP contribution in [0.15, 0.2) is 35.1 Å². The van der Waals surface area contributed by atoms with Gasteiger partial charge in [0.1, 0.15) is 5.56 Å². The molecule has 1 aliphatic heterocycles. The Morgan fingerprint density at radius 3 is 2.61 bits per heavy atom. The van der Waals surface area contributed by atoms with Gasteiger partial charge in [-0.1, -0.05) is 44.4 Å². The van der Waals surface area contributed by atoms with E-state index >= 15 is 0 Å². The summed E-state index contributed by atoms with van der Waals surface area (Å²) in [5, 5.41) is 0. The number of unbranched alkanes of at least 4 members (excludes halogenated alkanes) is 1. The number of pyridine rings is 1. The Balaban J connectivity index is 1.77. The molecular weight excluding hydrogens is 348 g/mol. The van der Waals surface area contributed by atoms with Gasteiger partial charge in [0.05, 0.1) is 0 Å². The summed E-state index contributed by atoms with van der Waals surface area (Å²) >= 11 is 0. The monoisotopic (exact) mass is 378 g/mol. The molecule has 4 heteroatoms. The number of aryl methyl sites for hydroxylation is 1. The second kappa shape index (κ2) is 8.34. The third kappa shape index (κ3) is 3.52. The molecule has 4 rings (SSSR count). The van der Waals surface area contributed by atoms with E-state index in [1.54, 1.807) is 4.90 Å². The zero-order valence-corrected chi connectivity index (χ0v) is 16.9. The number of carbonyl (C=O) groups excluding carboxylic acids is 1. The molecule has 0 radical (unpaired) electrons. The predicted molar refractivity (Wildman–Crippen MR) is 113 cm³/mol. The van der Waals surface area contributed by atoms with Crippen molar-refractivity contribution in [2.75, 3.05) is 11.4 Å². The van der Waals surface area contributed by atoms with Crippen molar-refractivity contribution in [3.63, 3.8) is 0 Å². The van der Waals surface area contributed by atoms with Crippen LogP contribution in [0.4, 0.5) is 5.69 Å². The molecule has 0 saturated carbocycles. The summed E-state index contributed by atoms with van der Waals surface area (Å²) in [4.78, 5) is 28.6. The average Bonchev–Trinajstić information content (AvgIpc) is 3.12. The minimum atomic E-state index is -0.134. The highest BCUT2D eigenvalue weighted by molar-refractivity contribution is 6.07. The van der Waals surface area contributed by atoms with Gasteiger partial charge in [0.15, 0.2) is 0 Å². The largest absolute Gasteiger partial charge is 0.312 e. The number of nitrogens with zero attached hydrogens (tertiary/aromatic N) is 2. The van der Waals surface area contributed by atoms with Gasteiger partial charge in [0, 0.05) is 24.5 Å². The van der Waals surface area contributed by atoms with Crippen LogP contribution in [0.2, 0.25) is 0 Å². The number of hydrogen-bond acceptors (Lipinski definition) is 2. The summed E-state index contributed by atoms with van der Waals surface area (Å²) in [7, 11) is 0. The Morgan fingerprint density at radius 2 is 1.79 bits per heavy atom. The van der Waals surface area contributed by atoms with Crippen molar-refractivity contribution < 1.29 is 4.79 Å². The lowest BCUT2D eigenvalue weighted by atomic mass is 9.95. The van der Waals surface area contributed by atoms with Gasteiger partial charge < -0.3 is 9.47 Å². The summed E-state index contributed by atoms with van der Waals surface area (Å²) in [5.74, 6) is -0.134. The van der Waals surface area contributed by atoms with Crippen LogP contribution < -0.4 is 10.5 Å². The first-order chi connectivity index (χ1) is 13.7. The maximum absolute atomic E-state index is 13.4. The molecule has 2 aromatic rings. The molecule has 1 aromatic carbocycles. The number of carbonyl (C=O) groups is 1. The van der Waals surface area contributed by atoms with Gasteiger partial charge in [0.25, 0.3) is 11.5 Å². The van der Waals surface area contributed by atoms with Crippen molar-refractivity contribution in [3.8, 4) is 0 Å². The van der Waals surface area contributed by atoms with E-state index in [2.05, 4.69) is 13.0 Å². The fourth-order valence-corrected chi connectivity index (χ4v) is 4.63. The molecule has 4 nitrogen and oxygen atoms in total. The first-order valence-corrected chi connectivity index (χ1v) is 10.9. The molecule has 1 aromatic heterocycles. The summed E-state index contributed by atoms with van der Waals surface area (Å²) in [6, 6.07) is 9.96. The first-order valence-electron chi connectivity index (χ1n) is 10.9. The Bertz CT molecular complexity index is 929. The van der Waals surface area contributed by atoms with Crippen LogP contribution in [0, 0.1) is 0 Å². The Hall–Kier alpha value is -2.36. The molecule has 148 valence electrons. The third-order valence-electron chi connectivity index (χ3n) is 6.20. The summed E-state index contributed by atoms with van der Waals surface area (Å²) < 4.78 is 1.93. The lowest BCUT2D eigenvalue weighted by Gasteiger charge is -2.23.